The van der Waals surface area contributed by atoms with Crippen molar-refractivity contribution in [1.29, 1.82) is 0 Å². The first-order valence-corrected chi connectivity index (χ1v) is 9.03. The number of hydrogen-bond acceptors (Lipinski definition) is 6. The van der Waals surface area contributed by atoms with Gasteiger partial charge in [-0.05, 0) is 56.6 Å². The molecule has 0 aromatic heterocycles. The van der Waals surface area contributed by atoms with E-state index in [1.54, 1.807) is 38.1 Å². The lowest BCUT2D eigenvalue weighted by Crippen LogP contribution is -2.21. The normalized spacial score (nSPS) is 16.1. The number of carbonyl (C=O) groups excluding carboxylic acids is 2. The van der Waals surface area contributed by atoms with Gasteiger partial charge in [0.25, 0.3) is 0 Å². The zero-order chi connectivity index (χ0) is 19.4. The van der Waals surface area contributed by atoms with Crippen molar-refractivity contribution >= 4 is 11.8 Å². The van der Waals surface area contributed by atoms with E-state index in [2.05, 4.69) is 5.32 Å². The summed E-state index contributed by atoms with van der Waals surface area (Å²) < 4.78 is 11.1. The molecule has 27 heavy (non-hydrogen) atoms. The average molecular weight is 369 g/mol. The van der Waals surface area contributed by atoms with E-state index in [9.17, 15) is 14.7 Å². The highest BCUT2D eigenvalue weighted by molar-refractivity contribution is 6.13. The highest BCUT2D eigenvalue weighted by Crippen LogP contribution is 2.29. The number of esters is 1. The third kappa shape index (κ3) is 4.11. The molecule has 1 fully saturated rings. The predicted octanol–water partition coefficient (Wildman–Crippen LogP) is 2.85. The second-order valence-electron chi connectivity index (χ2n) is 6.46. The van der Waals surface area contributed by atoms with Crippen molar-refractivity contribution in [3.8, 4) is 11.5 Å². The van der Waals surface area contributed by atoms with Gasteiger partial charge in [-0.15, -0.1) is 0 Å². The molecule has 1 heterocycles. The van der Waals surface area contributed by atoms with E-state index in [-0.39, 0.29) is 23.2 Å². The molecule has 2 N–H and O–H groups in total. The Morgan fingerprint density at radius 1 is 1.26 bits per heavy atom. The molecule has 0 saturated carbocycles. The van der Waals surface area contributed by atoms with Gasteiger partial charge in [-0.1, -0.05) is 12.1 Å². The summed E-state index contributed by atoms with van der Waals surface area (Å²) >= 11 is 0. The van der Waals surface area contributed by atoms with Gasteiger partial charge in [-0.25, -0.2) is 4.79 Å². The second kappa shape index (κ2) is 8.22. The number of nitrogens with one attached hydrogen (secondary N) is 1. The SMILES string of the molecule is CCOc1cc(C(=O)OC2CCNC2)ccc1C(=O)c1c(C)cccc1O. The zero-order valence-corrected chi connectivity index (χ0v) is 15.5. The number of rotatable bonds is 6. The monoisotopic (exact) mass is 369 g/mol. The molecule has 0 radical (unpaired) electrons. The van der Waals surface area contributed by atoms with E-state index in [0.29, 0.717) is 35.6 Å². The smallest absolute Gasteiger partial charge is 0.338 e. The topological polar surface area (TPSA) is 84.9 Å². The molecule has 2 aromatic rings. The molecule has 0 spiro atoms. The van der Waals surface area contributed by atoms with Crippen LogP contribution < -0.4 is 10.1 Å². The highest BCUT2D eigenvalue weighted by atomic mass is 16.5. The Bertz CT molecular complexity index is 835. The van der Waals surface area contributed by atoms with Crippen molar-refractivity contribution in [2.45, 2.75) is 26.4 Å². The molecular weight excluding hydrogens is 346 g/mol. The van der Waals surface area contributed by atoms with Gasteiger partial charge < -0.3 is 19.9 Å². The van der Waals surface area contributed by atoms with Crippen LogP contribution in [0.15, 0.2) is 36.4 Å². The number of hydrogen-bond donors (Lipinski definition) is 2. The van der Waals surface area contributed by atoms with Crippen LogP contribution >= 0.6 is 0 Å². The van der Waals surface area contributed by atoms with Crippen LogP contribution in [0.5, 0.6) is 11.5 Å². The molecule has 6 heteroatoms. The number of phenols is 1. The fourth-order valence-electron chi connectivity index (χ4n) is 3.14. The molecule has 1 aliphatic heterocycles. The molecule has 1 aliphatic rings. The van der Waals surface area contributed by atoms with Crippen LogP contribution in [0, 0.1) is 6.92 Å². The first-order valence-electron chi connectivity index (χ1n) is 9.03. The van der Waals surface area contributed by atoms with Crippen LogP contribution in [-0.4, -0.2) is 42.7 Å². The van der Waals surface area contributed by atoms with Gasteiger partial charge in [0.05, 0.1) is 23.3 Å². The van der Waals surface area contributed by atoms with Crippen LogP contribution in [0.2, 0.25) is 0 Å². The molecule has 0 bridgehead atoms. The maximum atomic E-state index is 13.0. The summed E-state index contributed by atoms with van der Waals surface area (Å²) in [4.78, 5) is 25.4. The van der Waals surface area contributed by atoms with Crippen molar-refractivity contribution < 1.29 is 24.2 Å². The molecular formula is C21H23NO5. The third-order valence-electron chi connectivity index (χ3n) is 4.53. The largest absolute Gasteiger partial charge is 0.507 e. The number of benzene rings is 2. The van der Waals surface area contributed by atoms with Crippen molar-refractivity contribution in [3.63, 3.8) is 0 Å². The fraction of sp³-hybridized carbons (Fsp3) is 0.333. The zero-order valence-electron chi connectivity index (χ0n) is 15.5. The third-order valence-corrected chi connectivity index (χ3v) is 4.53. The summed E-state index contributed by atoms with van der Waals surface area (Å²) in [5.74, 6) is -0.583. The molecule has 1 unspecified atom stereocenters. The number of ether oxygens (including phenoxy) is 2. The Morgan fingerprint density at radius 2 is 2.07 bits per heavy atom. The predicted molar refractivity (Wildman–Crippen MR) is 101 cm³/mol. The molecule has 0 amide bonds. The Hall–Kier alpha value is -2.86. The van der Waals surface area contributed by atoms with Gasteiger partial charge in [0.15, 0.2) is 0 Å². The van der Waals surface area contributed by atoms with Crippen molar-refractivity contribution in [2.24, 2.45) is 0 Å². The molecule has 2 aromatic carbocycles. The van der Waals surface area contributed by atoms with Gasteiger partial charge in [-0.3, -0.25) is 4.79 Å². The summed E-state index contributed by atoms with van der Waals surface area (Å²) in [6.45, 7) is 5.37. The Balaban J connectivity index is 1.91. The van der Waals surface area contributed by atoms with Gasteiger partial charge in [0, 0.05) is 6.54 Å². The van der Waals surface area contributed by atoms with Crippen molar-refractivity contribution in [1.82, 2.24) is 5.32 Å². The van der Waals surface area contributed by atoms with Crippen LogP contribution in [0.1, 0.15) is 45.2 Å². The van der Waals surface area contributed by atoms with Crippen molar-refractivity contribution in [2.75, 3.05) is 19.7 Å². The Morgan fingerprint density at radius 3 is 2.74 bits per heavy atom. The van der Waals surface area contributed by atoms with Gasteiger partial charge in [-0.2, -0.15) is 0 Å². The lowest BCUT2D eigenvalue weighted by atomic mass is 9.96. The van der Waals surface area contributed by atoms with E-state index in [4.69, 9.17) is 9.47 Å². The molecule has 0 aliphatic carbocycles. The van der Waals surface area contributed by atoms with E-state index < -0.39 is 5.97 Å². The molecule has 6 nitrogen and oxygen atoms in total. The Labute approximate surface area is 158 Å². The van der Waals surface area contributed by atoms with E-state index >= 15 is 0 Å². The number of carbonyl (C=O) groups is 2. The van der Waals surface area contributed by atoms with Gasteiger partial charge in [0.1, 0.15) is 17.6 Å². The minimum Gasteiger partial charge on any atom is -0.507 e. The fourth-order valence-corrected chi connectivity index (χ4v) is 3.14. The standard InChI is InChI=1S/C21H23NO5/c1-3-26-18-11-14(21(25)27-15-9-10-22-12-15)7-8-16(18)20(24)19-13(2)5-4-6-17(19)23/h4-8,11,15,22-23H,3,9-10,12H2,1-2H3. The molecule has 3 rings (SSSR count). The summed E-state index contributed by atoms with van der Waals surface area (Å²) in [5, 5.41) is 13.2. The van der Waals surface area contributed by atoms with E-state index in [1.165, 1.54) is 12.1 Å². The van der Waals surface area contributed by atoms with Crippen molar-refractivity contribution in [3.05, 3.63) is 58.7 Å². The van der Waals surface area contributed by atoms with Crippen LogP contribution in [0.3, 0.4) is 0 Å². The van der Waals surface area contributed by atoms with Crippen LogP contribution in [0.4, 0.5) is 0 Å². The number of phenolic OH excluding ortho intramolecular Hbond substituents is 1. The first-order chi connectivity index (χ1) is 13.0. The van der Waals surface area contributed by atoms with Gasteiger partial charge >= 0.3 is 5.97 Å². The number of aryl methyl sites for hydroxylation is 1. The minimum absolute atomic E-state index is 0.0836. The Kier molecular flexibility index (Phi) is 5.76. The maximum absolute atomic E-state index is 13.0. The van der Waals surface area contributed by atoms with E-state index in [1.807, 2.05) is 0 Å². The average Bonchev–Trinajstić information content (AvgIpc) is 3.14. The molecule has 142 valence electrons. The maximum Gasteiger partial charge on any atom is 0.338 e. The lowest BCUT2D eigenvalue weighted by Gasteiger charge is -2.14. The molecule has 1 saturated heterocycles. The number of aromatic hydroxyl groups is 1. The lowest BCUT2D eigenvalue weighted by molar-refractivity contribution is 0.0343. The summed E-state index contributed by atoms with van der Waals surface area (Å²) in [6, 6.07) is 9.54. The second-order valence-corrected chi connectivity index (χ2v) is 6.46. The van der Waals surface area contributed by atoms with Crippen LogP contribution in [0.25, 0.3) is 0 Å². The minimum atomic E-state index is -0.442. The van der Waals surface area contributed by atoms with Gasteiger partial charge in [0.2, 0.25) is 5.78 Å². The summed E-state index contributed by atoms with van der Waals surface area (Å²) in [7, 11) is 0. The number of ketones is 1. The quantitative estimate of drug-likeness (QED) is 0.602. The first kappa shape index (κ1) is 18.9. The molecule has 1 atom stereocenters. The van der Waals surface area contributed by atoms with E-state index in [0.717, 1.165) is 13.0 Å². The summed E-state index contributed by atoms with van der Waals surface area (Å²) in [6.07, 6.45) is 0.644. The highest BCUT2D eigenvalue weighted by Gasteiger charge is 2.23. The van der Waals surface area contributed by atoms with Crippen LogP contribution in [-0.2, 0) is 4.74 Å². The summed E-state index contributed by atoms with van der Waals surface area (Å²) in [5.41, 5.74) is 1.52.